The largest absolute Gasteiger partial charge is 0.479 e. The Labute approximate surface area is 78.8 Å². The maximum Gasteiger partial charge on any atom is 0.335 e. The van der Waals surface area contributed by atoms with Gasteiger partial charge in [-0.15, -0.1) is 0 Å². The van der Waals surface area contributed by atoms with E-state index in [1.807, 2.05) is 0 Å². The number of carbonyl (C=O) groups is 1. The molecule has 0 aromatic heterocycles. The minimum atomic E-state index is -1.55. The summed E-state index contributed by atoms with van der Waals surface area (Å²) in [7, 11) is 0. The average Bonchev–Trinajstić information content (AvgIpc) is 1.96. The van der Waals surface area contributed by atoms with Crippen LogP contribution in [0.1, 0.15) is 46.0 Å². The van der Waals surface area contributed by atoms with Crippen LogP contribution in [-0.4, -0.2) is 21.8 Å². The first kappa shape index (κ1) is 10.5. The Morgan fingerprint density at radius 3 is 2.31 bits per heavy atom. The molecule has 1 aliphatic rings. The number of hydrogen-bond donors (Lipinski definition) is 2. The predicted molar refractivity (Wildman–Crippen MR) is 49.5 cm³/mol. The molecule has 1 fully saturated rings. The van der Waals surface area contributed by atoms with Crippen molar-refractivity contribution < 1.29 is 15.0 Å². The molecule has 0 amide bonds. The van der Waals surface area contributed by atoms with Crippen molar-refractivity contribution in [3.63, 3.8) is 0 Å². The van der Waals surface area contributed by atoms with Crippen LogP contribution in [-0.2, 0) is 4.79 Å². The number of rotatable bonds is 4. The fraction of sp³-hybridized carbons (Fsp3) is 0.900. The van der Waals surface area contributed by atoms with E-state index in [1.165, 1.54) is 13.3 Å². The van der Waals surface area contributed by atoms with E-state index in [9.17, 15) is 9.90 Å². The van der Waals surface area contributed by atoms with Gasteiger partial charge in [0.1, 0.15) is 0 Å². The molecule has 0 radical (unpaired) electrons. The van der Waals surface area contributed by atoms with E-state index >= 15 is 0 Å². The molecule has 76 valence electrons. The van der Waals surface area contributed by atoms with Gasteiger partial charge < -0.3 is 10.2 Å². The summed E-state index contributed by atoms with van der Waals surface area (Å²) in [5.41, 5.74) is -1.45. The SMILES string of the molecule is CCC1(CC(C)(O)C(=O)O)CCC1. The molecule has 3 heteroatoms. The molecule has 1 saturated carbocycles. The van der Waals surface area contributed by atoms with Crippen LogP contribution in [0.15, 0.2) is 0 Å². The normalized spacial score (nSPS) is 24.5. The van der Waals surface area contributed by atoms with E-state index in [4.69, 9.17) is 5.11 Å². The van der Waals surface area contributed by atoms with Gasteiger partial charge in [0, 0.05) is 0 Å². The second-order valence-electron chi connectivity index (χ2n) is 4.46. The minimum absolute atomic E-state index is 0.0991. The summed E-state index contributed by atoms with van der Waals surface area (Å²) in [6.45, 7) is 3.46. The van der Waals surface area contributed by atoms with Crippen molar-refractivity contribution in [2.45, 2.75) is 51.6 Å². The molecule has 1 unspecified atom stereocenters. The Balaban J connectivity index is 2.60. The zero-order valence-corrected chi connectivity index (χ0v) is 8.34. The maximum atomic E-state index is 10.7. The molecular weight excluding hydrogens is 168 g/mol. The molecule has 0 bridgehead atoms. The van der Waals surface area contributed by atoms with Gasteiger partial charge in [0.05, 0.1) is 0 Å². The minimum Gasteiger partial charge on any atom is -0.479 e. The van der Waals surface area contributed by atoms with E-state index in [-0.39, 0.29) is 5.41 Å². The first-order chi connectivity index (χ1) is 5.92. The molecule has 0 saturated heterocycles. The number of hydrogen-bond acceptors (Lipinski definition) is 2. The topological polar surface area (TPSA) is 57.5 Å². The maximum absolute atomic E-state index is 10.7. The third-order valence-electron chi connectivity index (χ3n) is 3.34. The zero-order valence-electron chi connectivity index (χ0n) is 8.34. The van der Waals surface area contributed by atoms with E-state index in [0.29, 0.717) is 6.42 Å². The van der Waals surface area contributed by atoms with E-state index in [2.05, 4.69) is 6.92 Å². The van der Waals surface area contributed by atoms with Gasteiger partial charge in [-0.2, -0.15) is 0 Å². The lowest BCUT2D eigenvalue weighted by molar-refractivity contribution is -0.162. The van der Waals surface area contributed by atoms with Crippen molar-refractivity contribution in [1.29, 1.82) is 0 Å². The van der Waals surface area contributed by atoms with Crippen LogP contribution in [0.3, 0.4) is 0 Å². The van der Waals surface area contributed by atoms with Gasteiger partial charge >= 0.3 is 5.97 Å². The van der Waals surface area contributed by atoms with Crippen LogP contribution in [0.4, 0.5) is 0 Å². The molecular formula is C10H18O3. The van der Waals surface area contributed by atoms with Crippen LogP contribution in [0.5, 0.6) is 0 Å². The average molecular weight is 186 g/mol. The molecule has 1 atom stereocenters. The molecule has 0 aromatic rings. The third-order valence-corrected chi connectivity index (χ3v) is 3.34. The predicted octanol–water partition coefficient (Wildman–Crippen LogP) is 1.79. The van der Waals surface area contributed by atoms with Crippen LogP contribution in [0, 0.1) is 5.41 Å². The van der Waals surface area contributed by atoms with Crippen molar-refractivity contribution in [2.75, 3.05) is 0 Å². The molecule has 0 spiro atoms. The van der Waals surface area contributed by atoms with Crippen LogP contribution in [0.25, 0.3) is 0 Å². The lowest BCUT2D eigenvalue weighted by Crippen LogP contribution is -2.43. The molecule has 0 heterocycles. The number of aliphatic carboxylic acids is 1. The third kappa shape index (κ3) is 2.02. The van der Waals surface area contributed by atoms with Crippen molar-refractivity contribution in [3.8, 4) is 0 Å². The summed E-state index contributed by atoms with van der Waals surface area (Å²) in [5, 5.41) is 18.4. The number of carboxylic acids is 1. The van der Waals surface area contributed by atoms with Gasteiger partial charge in [0.2, 0.25) is 0 Å². The Bertz CT molecular complexity index is 199. The fourth-order valence-electron chi connectivity index (χ4n) is 2.14. The lowest BCUT2D eigenvalue weighted by Gasteiger charge is -2.44. The lowest BCUT2D eigenvalue weighted by atomic mass is 9.62. The number of aliphatic hydroxyl groups is 1. The van der Waals surface area contributed by atoms with E-state index < -0.39 is 11.6 Å². The molecule has 13 heavy (non-hydrogen) atoms. The van der Waals surface area contributed by atoms with Crippen LogP contribution in [0.2, 0.25) is 0 Å². The molecule has 1 aliphatic carbocycles. The van der Waals surface area contributed by atoms with Crippen molar-refractivity contribution in [1.82, 2.24) is 0 Å². The number of carboxylic acid groups (broad SMARTS) is 1. The molecule has 0 aliphatic heterocycles. The molecule has 2 N–H and O–H groups in total. The van der Waals surface area contributed by atoms with Crippen molar-refractivity contribution in [2.24, 2.45) is 5.41 Å². The smallest absolute Gasteiger partial charge is 0.335 e. The van der Waals surface area contributed by atoms with Crippen molar-refractivity contribution in [3.05, 3.63) is 0 Å². The standard InChI is InChI=1S/C10H18O3/c1-3-10(5-4-6-10)7-9(2,13)8(11)12/h13H,3-7H2,1-2H3,(H,11,12). The van der Waals surface area contributed by atoms with Gasteiger partial charge in [-0.05, 0) is 31.6 Å². The molecule has 3 nitrogen and oxygen atoms in total. The van der Waals surface area contributed by atoms with Gasteiger partial charge in [-0.3, -0.25) is 0 Å². The highest BCUT2D eigenvalue weighted by molar-refractivity contribution is 5.76. The summed E-state index contributed by atoms with van der Waals surface area (Å²) < 4.78 is 0. The first-order valence-electron chi connectivity index (χ1n) is 4.88. The molecule has 0 aromatic carbocycles. The van der Waals surface area contributed by atoms with Gasteiger partial charge in [0.15, 0.2) is 5.60 Å². The van der Waals surface area contributed by atoms with Gasteiger partial charge in [0.25, 0.3) is 0 Å². The molecule has 1 rings (SSSR count). The summed E-state index contributed by atoms with van der Waals surface area (Å²) in [6.07, 6.45) is 4.66. The fourth-order valence-corrected chi connectivity index (χ4v) is 2.14. The summed E-state index contributed by atoms with van der Waals surface area (Å²) in [4.78, 5) is 10.7. The van der Waals surface area contributed by atoms with Crippen LogP contribution >= 0.6 is 0 Å². The van der Waals surface area contributed by atoms with Crippen LogP contribution < -0.4 is 0 Å². The Morgan fingerprint density at radius 2 is 2.08 bits per heavy atom. The Hall–Kier alpha value is -0.570. The quantitative estimate of drug-likeness (QED) is 0.703. The highest BCUT2D eigenvalue weighted by Crippen LogP contribution is 2.49. The Morgan fingerprint density at radius 1 is 1.54 bits per heavy atom. The Kier molecular flexibility index (Phi) is 2.66. The van der Waals surface area contributed by atoms with Crippen molar-refractivity contribution >= 4 is 5.97 Å². The second-order valence-corrected chi connectivity index (χ2v) is 4.46. The summed E-state index contributed by atoms with van der Waals surface area (Å²) in [6, 6.07) is 0. The highest BCUT2D eigenvalue weighted by Gasteiger charge is 2.44. The zero-order chi connectivity index (χ0) is 10.1. The monoisotopic (exact) mass is 186 g/mol. The first-order valence-corrected chi connectivity index (χ1v) is 4.88. The van der Waals surface area contributed by atoms with E-state index in [1.54, 1.807) is 0 Å². The van der Waals surface area contributed by atoms with Gasteiger partial charge in [-0.25, -0.2) is 4.79 Å². The van der Waals surface area contributed by atoms with E-state index in [0.717, 1.165) is 19.3 Å². The van der Waals surface area contributed by atoms with Gasteiger partial charge in [-0.1, -0.05) is 19.8 Å². The second kappa shape index (κ2) is 3.29. The highest BCUT2D eigenvalue weighted by atomic mass is 16.4. The summed E-state index contributed by atoms with van der Waals surface area (Å²) >= 11 is 0. The summed E-state index contributed by atoms with van der Waals surface area (Å²) in [5.74, 6) is -1.10.